The highest BCUT2D eigenvalue weighted by Gasteiger charge is 1.92. The normalized spacial score (nSPS) is 6.80. The molecule has 4 nitrogen and oxygen atoms in total. The molecule has 0 aromatic rings. The van der Waals surface area contributed by atoms with Crippen molar-refractivity contribution in [2.24, 2.45) is 0 Å². The van der Waals surface area contributed by atoms with Crippen molar-refractivity contribution in [3.05, 3.63) is 12.8 Å². The molecule has 0 saturated heterocycles. The summed E-state index contributed by atoms with van der Waals surface area (Å²) in [6, 6.07) is 0. The number of aliphatic carboxylic acids is 1. The molecule has 0 atom stereocenters. The van der Waals surface area contributed by atoms with Crippen molar-refractivity contribution in [1.29, 1.82) is 0 Å². The molecule has 0 spiro atoms. The minimum atomic E-state index is -1.37. The lowest BCUT2D eigenvalue weighted by atomic mass is 10.6. The predicted octanol–water partition coefficient (Wildman–Crippen LogP) is -0.239. The van der Waals surface area contributed by atoms with Crippen LogP contribution in [0.2, 0.25) is 0 Å². The van der Waals surface area contributed by atoms with Gasteiger partial charge in [0.1, 0.15) is 0 Å². The molecule has 1 N–H and O–H groups in total. The summed E-state index contributed by atoms with van der Waals surface area (Å²) < 4.78 is 4.08. The Morgan fingerprint density at radius 1 is 1.50 bits per heavy atom. The number of hydrogen-bond donors (Lipinski definition) is 1. The number of carboxylic acid groups (broad SMARTS) is 1. The molecule has 0 saturated carbocycles. The summed E-state index contributed by atoms with van der Waals surface area (Å²) in [4.78, 5) is 19.9. The molecule has 0 aromatic carbocycles. The molecule has 0 bridgehead atoms. The van der Waals surface area contributed by atoms with Gasteiger partial charge in [0, 0.05) is 11.8 Å². The van der Waals surface area contributed by atoms with Gasteiger partial charge in [0.05, 0.1) is 6.26 Å². The third kappa shape index (κ3) is 4.40. The molecule has 4 heteroatoms. The summed E-state index contributed by atoms with van der Waals surface area (Å²) in [6.45, 7) is 3.07. The fourth-order valence-electron chi connectivity index (χ4n) is 0.210. The number of carboxylic acids is 1. The molecule has 10 heavy (non-hydrogen) atoms. The van der Waals surface area contributed by atoms with Crippen LogP contribution in [0.1, 0.15) is 0 Å². The molecule has 52 valence electrons. The van der Waals surface area contributed by atoms with Crippen LogP contribution >= 0.6 is 0 Å². The Bertz CT molecular complexity index is 218. The molecule has 0 aliphatic rings. The van der Waals surface area contributed by atoms with Crippen molar-refractivity contribution in [2.45, 2.75) is 0 Å². The maximum atomic E-state index is 10.2. The van der Waals surface area contributed by atoms with Gasteiger partial charge < -0.3 is 9.84 Å². The third-order valence-electron chi connectivity index (χ3n) is 0.462. The number of rotatable bonds is 1. The van der Waals surface area contributed by atoms with Gasteiger partial charge in [-0.3, -0.25) is 0 Å². The van der Waals surface area contributed by atoms with E-state index in [1.165, 1.54) is 0 Å². The maximum absolute atomic E-state index is 10.2. The van der Waals surface area contributed by atoms with Gasteiger partial charge in [-0.05, 0) is 0 Å². The third-order valence-corrected chi connectivity index (χ3v) is 0.462. The molecule has 0 radical (unpaired) electrons. The van der Waals surface area contributed by atoms with Gasteiger partial charge in [-0.25, -0.2) is 9.59 Å². The first-order chi connectivity index (χ1) is 4.66. The molecule has 0 aliphatic heterocycles. The fraction of sp³-hybridized carbons (Fsp3) is 0. The predicted molar refractivity (Wildman–Crippen MR) is 31.7 cm³/mol. The molecule has 0 unspecified atom stereocenters. The van der Waals surface area contributed by atoms with Crippen molar-refractivity contribution in [2.75, 3.05) is 0 Å². The number of hydrogen-bond acceptors (Lipinski definition) is 3. The van der Waals surface area contributed by atoms with Crippen LogP contribution in [0.3, 0.4) is 0 Å². The Hall–Kier alpha value is -1.76. The number of esters is 1. The van der Waals surface area contributed by atoms with Crippen molar-refractivity contribution in [1.82, 2.24) is 0 Å². The molecular formula is C6H4O4. The average molecular weight is 140 g/mol. The van der Waals surface area contributed by atoms with E-state index in [1.807, 2.05) is 0 Å². The molecule has 0 aromatic heterocycles. The van der Waals surface area contributed by atoms with E-state index in [1.54, 1.807) is 11.8 Å². The summed E-state index contributed by atoms with van der Waals surface area (Å²) in [6.07, 6.45) is 0.874. The van der Waals surface area contributed by atoms with Gasteiger partial charge in [-0.1, -0.05) is 6.58 Å². The van der Waals surface area contributed by atoms with E-state index in [4.69, 9.17) is 5.11 Å². The van der Waals surface area contributed by atoms with Gasteiger partial charge in [0.15, 0.2) is 0 Å². The summed E-state index contributed by atoms with van der Waals surface area (Å²) in [5.41, 5.74) is 0. The lowest BCUT2D eigenvalue weighted by molar-refractivity contribution is -0.133. The van der Waals surface area contributed by atoms with E-state index in [0.29, 0.717) is 0 Å². The Labute approximate surface area is 57.1 Å². The standard InChI is InChI=1S/C6H4O4/c1-2-10-6(9)4-3-5(7)8/h2H,1H2,(H,7,8). The number of carbonyl (C=O) groups is 2. The van der Waals surface area contributed by atoms with Crippen molar-refractivity contribution >= 4 is 11.9 Å². The largest absolute Gasteiger partial charge is 0.472 e. The lowest BCUT2D eigenvalue weighted by Crippen LogP contribution is -1.96. The second-order valence-electron chi connectivity index (χ2n) is 1.13. The molecule has 0 heterocycles. The van der Waals surface area contributed by atoms with Crippen LogP contribution in [0.15, 0.2) is 12.8 Å². The zero-order chi connectivity index (χ0) is 7.98. The smallest absolute Gasteiger partial charge is 0.389 e. The van der Waals surface area contributed by atoms with Crippen LogP contribution in [0.4, 0.5) is 0 Å². The van der Waals surface area contributed by atoms with E-state index in [0.717, 1.165) is 6.26 Å². The Balaban J connectivity index is 3.92. The second-order valence-corrected chi connectivity index (χ2v) is 1.13. The van der Waals surface area contributed by atoms with Crippen LogP contribution < -0.4 is 0 Å². The van der Waals surface area contributed by atoms with Gasteiger partial charge in [0.25, 0.3) is 0 Å². The van der Waals surface area contributed by atoms with Gasteiger partial charge in [-0.2, -0.15) is 0 Å². The van der Waals surface area contributed by atoms with E-state index < -0.39 is 11.9 Å². The first kappa shape index (κ1) is 8.24. The second kappa shape index (κ2) is 4.15. The van der Waals surface area contributed by atoms with Crippen LogP contribution in [0.25, 0.3) is 0 Å². The summed E-state index contributed by atoms with van der Waals surface area (Å²) >= 11 is 0. The van der Waals surface area contributed by atoms with Gasteiger partial charge in [-0.15, -0.1) is 0 Å². The van der Waals surface area contributed by atoms with Gasteiger partial charge in [0.2, 0.25) is 0 Å². The zero-order valence-electron chi connectivity index (χ0n) is 4.96. The Kier molecular flexibility index (Phi) is 3.42. The number of ether oxygens (including phenoxy) is 1. The summed E-state index contributed by atoms with van der Waals surface area (Å²) in [5, 5.41) is 7.92. The summed E-state index contributed by atoms with van der Waals surface area (Å²) in [5.74, 6) is 0.968. The Morgan fingerprint density at radius 2 is 2.10 bits per heavy atom. The van der Waals surface area contributed by atoms with E-state index in [2.05, 4.69) is 11.3 Å². The van der Waals surface area contributed by atoms with E-state index in [-0.39, 0.29) is 0 Å². The quantitative estimate of drug-likeness (QED) is 0.236. The Morgan fingerprint density at radius 3 is 2.50 bits per heavy atom. The first-order valence-electron chi connectivity index (χ1n) is 2.23. The topological polar surface area (TPSA) is 63.6 Å². The fourth-order valence-corrected chi connectivity index (χ4v) is 0.210. The van der Waals surface area contributed by atoms with Crippen molar-refractivity contribution in [3.8, 4) is 11.8 Å². The minimum absolute atomic E-state index is 0.874. The monoisotopic (exact) mass is 140 g/mol. The lowest BCUT2D eigenvalue weighted by Gasteiger charge is -1.83. The van der Waals surface area contributed by atoms with Crippen LogP contribution in [-0.2, 0) is 14.3 Å². The molecule has 0 amide bonds. The van der Waals surface area contributed by atoms with Crippen molar-refractivity contribution < 1.29 is 19.4 Å². The van der Waals surface area contributed by atoms with E-state index >= 15 is 0 Å². The SMILES string of the molecule is C=COC(=O)C#CC(=O)O. The minimum Gasteiger partial charge on any atom is -0.472 e. The molecule has 0 rings (SSSR count). The van der Waals surface area contributed by atoms with Gasteiger partial charge >= 0.3 is 11.9 Å². The highest BCUT2D eigenvalue weighted by molar-refractivity contribution is 5.97. The molecular weight excluding hydrogens is 136 g/mol. The first-order valence-corrected chi connectivity index (χ1v) is 2.23. The van der Waals surface area contributed by atoms with Crippen LogP contribution in [0, 0.1) is 11.8 Å². The summed E-state index contributed by atoms with van der Waals surface area (Å²) in [7, 11) is 0. The van der Waals surface area contributed by atoms with Crippen molar-refractivity contribution in [3.63, 3.8) is 0 Å². The van der Waals surface area contributed by atoms with Crippen LogP contribution in [0.5, 0.6) is 0 Å². The van der Waals surface area contributed by atoms with Crippen LogP contribution in [-0.4, -0.2) is 17.0 Å². The zero-order valence-corrected chi connectivity index (χ0v) is 4.96. The number of carbonyl (C=O) groups excluding carboxylic acids is 1. The highest BCUT2D eigenvalue weighted by atomic mass is 16.5. The maximum Gasteiger partial charge on any atom is 0.389 e. The highest BCUT2D eigenvalue weighted by Crippen LogP contribution is 1.73. The average Bonchev–Trinajstić information content (AvgIpc) is 1.85. The molecule has 0 aliphatic carbocycles. The molecule has 0 fully saturated rings. The van der Waals surface area contributed by atoms with E-state index in [9.17, 15) is 9.59 Å².